The van der Waals surface area contributed by atoms with Crippen LogP contribution in [0.15, 0.2) is 73.1 Å². The lowest BCUT2D eigenvalue weighted by Crippen LogP contribution is -2.19. The summed E-state index contributed by atoms with van der Waals surface area (Å²) in [5, 5.41) is 4.48. The van der Waals surface area contributed by atoms with Gasteiger partial charge in [0.1, 0.15) is 17.8 Å². The summed E-state index contributed by atoms with van der Waals surface area (Å²) in [6.45, 7) is 4.23. The minimum atomic E-state index is -0.0293. The van der Waals surface area contributed by atoms with Gasteiger partial charge in [-0.3, -0.25) is 0 Å². The first-order chi connectivity index (χ1) is 13.7. The molecule has 4 heteroatoms. The molecule has 3 aromatic carbocycles. The minimum absolute atomic E-state index is 0.0293. The fourth-order valence-electron chi connectivity index (χ4n) is 3.38. The Labute approximate surface area is 165 Å². The Bertz CT molecular complexity index is 1090. The lowest BCUT2D eigenvalue weighted by Gasteiger charge is -2.19. The van der Waals surface area contributed by atoms with E-state index in [4.69, 9.17) is 4.74 Å². The molecule has 0 unspecified atom stereocenters. The van der Waals surface area contributed by atoms with E-state index < -0.39 is 0 Å². The molecular formula is C24H23N3O. The largest absolute Gasteiger partial charge is 0.457 e. The van der Waals surface area contributed by atoms with E-state index in [9.17, 15) is 0 Å². The van der Waals surface area contributed by atoms with Gasteiger partial charge in [0, 0.05) is 5.39 Å². The van der Waals surface area contributed by atoms with Gasteiger partial charge in [-0.15, -0.1) is 0 Å². The highest BCUT2D eigenvalue weighted by Crippen LogP contribution is 2.29. The molecule has 0 aliphatic carbocycles. The van der Waals surface area contributed by atoms with Crippen molar-refractivity contribution >= 4 is 10.9 Å². The number of hydrogen-bond donors (Lipinski definition) is 1. The molecule has 140 valence electrons. The molecule has 0 saturated carbocycles. The molecular weight excluding hydrogens is 346 g/mol. The maximum Gasteiger partial charge on any atom is 0.127 e. The number of aromatic nitrogens is 2. The highest BCUT2D eigenvalue weighted by atomic mass is 16.5. The molecule has 0 bridgehead atoms. The average Bonchev–Trinajstić information content (AvgIpc) is 2.72. The van der Waals surface area contributed by atoms with Crippen molar-refractivity contribution < 1.29 is 4.74 Å². The highest BCUT2D eigenvalue weighted by molar-refractivity contribution is 5.83. The third-order valence-corrected chi connectivity index (χ3v) is 5.04. The van der Waals surface area contributed by atoms with E-state index in [1.165, 1.54) is 11.1 Å². The van der Waals surface area contributed by atoms with E-state index in [1.807, 2.05) is 49.5 Å². The Hall–Kier alpha value is -3.24. The van der Waals surface area contributed by atoms with Crippen LogP contribution in [0.25, 0.3) is 10.9 Å². The molecule has 4 nitrogen and oxygen atoms in total. The van der Waals surface area contributed by atoms with Gasteiger partial charge in [-0.1, -0.05) is 30.3 Å². The fourth-order valence-corrected chi connectivity index (χ4v) is 3.38. The smallest absolute Gasteiger partial charge is 0.127 e. The Balaban J connectivity index is 1.68. The first-order valence-corrected chi connectivity index (χ1v) is 9.37. The van der Waals surface area contributed by atoms with E-state index in [2.05, 4.69) is 53.4 Å². The summed E-state index contributed by atoms with van der Waals surface area (Å²) in [5.41, 5.74) is 5.55. The van der Waals surface area contributed by atoms with Crippen molar-refractivity contribution in [3.05, 3.63) is 95.4 Å². The molecule has 1 aromatic heterocycles. The molecule has 0 amide bonds. The average molecular weight is 369 g/mol. The first kappa shape index (κ1) is 18.1. The second-order valence-corrected chi connectivity index (χ2v) is 6.92. The molecule has 1 atom stereocenters. The summed E-state index contributed by atoms with van der Waals surface area (Å²) in [5.74, 6) is 1.64. The number of hydrogen-bond acceptors (Lipinski definition) is 4. The maximum atomic E-state index is 5.91. The third kappa shape index (κ3) is 3.59. The molecule has 4 rings (SSSR count). The number of ether oxygens (including phenoxy) is 1. The number of nitrogens with one attached hydrogen (secondary N) is 1. The second-order valence-electron chi connectivity index (χ2n) is 6.92. The molecule has 0 fully saturated rings. The number of benzene rings is 3. The zero-order valence-electron chi connectivity index (χ0n) is 16.3. The summed E-state index contributed by atoms with van der Waals surface area (Å²) >= 11 is 0. The van der Waals surface area contributed by atoms with Crippen LogP contribution < -0.4 is 10.1 Å². The Morgan fingerprint density at radius 2 is 1.50 bits per heavy atom. The molecule has 28 heavy (non-hydrogen) atoms. The van der Waals surface area contributed by atoms with Crippen LogP contribution in [0.3, 0.4) is 0 Å². The number of nitrogens with zero attached hydrogens (tertiary/aromatic N) is 2. The van der Waals surface area contributed by atoms with Crippen molar-refractivity contribution in [1.29, 1.82) is 0 Å². The van der Waals surface area contributed by atoms with Crippen LogP contribution in [-0.2, 0) is 0 Å². The molecule has 0 radical (unpaired) electrons. The van der Waals surface area contributed by atoms with Crippen molar-refractivity contribution in [2.75, 3.05) is 7.05 Å². The van der Waals surface area contributed by atoms with Crippen LogP contribution in [-0.4, -0.2) is 17.0 Å². The third-order valence-electron chi connectivity index (χ3n) is 5.04. The Morgan fingerprint density at radius 3 is 2.21 bits per heavy atom. The van der Waals surface area contributed by atoms with Crippen molar-refractivity contribution in [2.45, 2.75) is 19.9 Å². The van der Waals surface area contributed by atoms with E-state index >= 15 is 0 Å². The molecule has 1 N–H and O–H groups in total. The van der Waals surface area contributed by atoms with E-state index in [0.29, 0.717) is 0 Å². The van der Waals surface area contributed by atoms with Crippen LogP contribution in [0.5, 0.6) is 11.5 Å². The van der Waals surface area contributed by atoms with Crippen LogP contribution >= 0.6 is 0 Å². The van der Waals surface area contributed by atoms with Gasteiger partial charge >= 0.3 is 0 Å². The summed E-state index contributed by atoms with van der Waals surface area (Å²) < 4.78 is 5.91. The molecule has 1 heterocycles. The first-order valence-electron chi connectivity index (χ1n) is 9.37. The van der Waals surface area contributed by atoms with Crippen LogP contribution in [0.4, 0.5) is 0 Å². The SMILES string of the molecule is CN[C@H](c1ccc(Oc2ccccc2)cc1)c1ncnc2cc(C)c(C)cc12. The van der Waals surface area contributed by atoms with Gasteiger partial charge in [0.25, 0.3) is 0 Å². The Kier molecular flexibility index (Phi) is 5.04. The lowest BCUT2D eigenvalue weighted by molar-refractivity contribution is 0.482. The Morgan fingerprint density at radius 1 is 0.821 bits per heavy atom. The second kappa shape index (κ2) is 7.79. The van der Waals surface area contributed by atoms with Gasteiger partial charge in [-0.2, -0.15) is 0 Å². The summed E-state index contributed by atoms with van der Waals surface area (Å²) in [6.07, 6.45) is 1.64. The zero-order valence-corrected chi connectivity index (χ0v) is 16.3. The van der Waals surface area contributed by atoms with E-state index in [1.54, 1.807) is 6.33 Å². The summed E-state index contributed by atoms with van der Waals surface area (Å²) in [7, 11) is 1.95. The number of fused-ring (bicyclic) bond motifs is 1. The van der Waals surface area contributed by atoms with Crippen LogP contribution in [0, 0.1) is 13.8 Å². The topological polar surface area (TPSA) is 47.0 Å². The lowest BCUT2D eigenvalue weighted by atomic mass is 9.98. The predicted molar refractivity (Wildman–Crippen MR) is 113 cm³/mol. The van der Waals surface area contributed by atoms with Crippen molar-refractivity contribution in [2.24, 2.45) is 0 Å². The molecule has 0 saturated heterocycles. The van der Waals surface area contributed by atoms with Gasteiger partial charge in [0.05, 0.1) is 17.3 Å². The van der Waals surface area contributed by atoms with Crippen LogP contribution in [0.2, 0.25) is 0 Å². The van der Waals surface area contributed by atoms with Gasteiger partial charge in [0.15, 0.2) is 0 Å². The van der Waals surface area contributed by atoms with E-state index in [-0.39, 0.29) is 6.04 Å². The maximum absolute atomic E-state index is 5.91. The molecule has 4 aromatic rings. The van der Waals surface area contributed by atoms with Gasteiger partial charge in [-0.25, -0.2) is 9.97 Å². The number of para-hydroxylation sites is 1. The van der Waals surface area contributed by atoms with E-state index in [0.717, 1.165) is 33.7 Å². The van der Waals surface area contributed by atoms with Crippen molar-refractivity contribution in [3.8, 4) is 11.5 Å². The summed E-state index contributed by atoms with van der Waals surface area (Å²) in [4.78, 5) is 9.07. The number of aryl methyl sites for hydroxylation is 2. The molecule has 0 aliphatic heterocycles. The predicted octanol–water partition coefficient (Wildman–Crippen LogP) is 5.35. The monoisotopic (exact) mass is 369 g/mol. The fraction of sp³-hybridized carbons (Fsp3) is 0.167. The summed E-state index contributed by atoms with van der Waals surface area (Å²) in [6, 6.07) is 22.2. The normalized spacial score (nSPS) is 12.1. The highest BCUT2D eigenvalue weighted by Gasteiger charge is 2.17. The van der Waals surface area contributed by atoms with Crippen LogP contribution in [0.1, 0.15) is 28.4 Å². The van der Waals surface area contributed by atoms with Gasteiger partial charge in [-0.05, 0) is 74.0 Å². The molecule has 0 spiro atoms. The number of rotatable bonds is 5. The van der Waals surface area contributed by atoms with Crippen molar-refractivity contribution in [1.82, 2.24) is 15.3 Å². The standard InChI is InChI=1S/C24H23N3O/c1-16-13-21-22(14-17(16)2)26-15-27-24(21)23(25-3)18-9-11-20(12-10-18)28-19-7-5-4-6-8-19/h4-15,23,25H,1-3H3/t23-/m1/s1. The van der Waals surface area contributed by atoms with Gasteiger partial charge < -0.3 is 10.1 Å². The zero-order chi connectivity index (χ0) is 19.5. The quantitative estimate of drug-likeness (QED) is 0.515. The van der Waals surface area contributed by atoms with Crippen molar-refractivity contribution in [3.63, 3.8) is 0 Å². The van der Waals surface area contributed by atoms with Gasteiger partial charge in [0.2, 0.25) is 0 Å². The minimum Gasteiger partial charge on any atom is -0.457 e. The molecule has 0 aliphatic rings.